The van der Waals surface area contributed by atoms with Gasteiger partial charge in [-0.15, -0.1) is 0 Å². The highest BCUT2D eigenvalue weighted by Gasteiger charge is 2.54. The normalized spacial score (nSPS) is 14.6. The summed E-state index contributed by atoms with van der Waals surface area (Å²) >= 11 is 0. The van der Waals surface area contributed by atoms with Crippen LogP contribution in [0, 0.1) is 0 Å². The fourth-order valence-corrected chi connectivity index (χ4v) is 21.1. The van der Waals surface area contributed by atoms with E-state index in [-0.39, 0.29) is 52.7 Å². The van der Waals surface area contributed by atoms with Crippen molar-refractivity contribution in [3.63, 3.8) is 0 Å². The smallest absolute Gasteiger partial charge is 0.252 e. The van der Waals surface area contributed by atoms with Crippen molar-refractivity contribution in [2.24, 2.45) is 0 Å². The molecule has 0 fully saturated rings. The van der Waals surface area contributed by atoms with Gasteiger partial charge >= 0.3 is 0 Å². The number of hydrogen-bond donors (Lipinski definition) is 0. The molecule has 0 unspecified atom stereocenters. The lowest BCUT2D eigenvalue weighted by molar-refractivity contribution is 0.569. The number of para-hydroxylation sites is 4. The Hall–Kier alpha value is -13.7. The van der Waals surface area contributed by atoms with Crippen LogP contribution in [-0.2, 0) is 21.7 Å². The average Bonchev–Trinajstić information content (AvgIpc) is 1.42. The first-order chi connectivity index (χ1) is 60.0. The lowest BCUT2D eigenvalue weighted by atomic mass is 9.30. The maximum atomic E-state index is 9.85. The third-order valence-electron chi connectivity index (χ3n) is 26.5. The molecule has 0 bridgehead atoms. The summed E-state index contributed by atoms with van der Waals surface area (Å²) < 4.78 is 47.3. The Morgan fingerprint density at radius 1 is 0.261 bits per heavy atom. The minimum atomic E-state index is -0.616. The molecule has 0 amide bonds. The zero-order chi connectivity index (χ0) is 84.5. The van der Waals surface area contributed by atoms with E-state index in [2.05, 4.69) is 416 Å². The fourth-order valence-electron chi connectivity index (χ4n) is 21.1. The molecule has 17 aromatic carbocycles. The molecule has 2 aliphatic carbocycles. The molecule has 4 nitrogen and oxygen atoms in total. The van der Waals surface area contributed by atoms with Crippen LogP contribution in [0.15, 0.2) is 370 Å². The van der Waals surface area contributed by atoms with E-state index in [1.54, 1.807) is 0 Å². The molecule has 17 aromatic rings. The summed E-state index contributed by atoms with van der Waals surface area (Å²) in [4.78, 5) is 10.1. The van der Waals surface area contributed by atoms with E-state index in [1.165, 1.54) is 77.7 Å². The van der Waals surface area contributed by atoms with Gasteiger partial charge in [-0.25, -0.2) is 0 Å². The Bertz CT molecular complexity index is 7230. The quantitative estimate of drug-likeness (QED) is 0.141. The van der Waals surface area contributed by atoms with Gasteiger partial charge in [0.05, 0.1) is 23.6 Å². The predicted molar refractivity (Wildman–Crippen MR) is 506 cm³/mol. The topological polar surface area (TPSA) is 13.0 Å². The molecule has 6 heteroatoms. The number of anilines is 12. The van der Waals surface area contributed by atoms with Crippen molar-refractivity contribution in [2.45, 2.75) is 84.0 Å². The van der Waals surface area contributed by atoms with E-state index in [4.69, 9.17) is 1.37 Å². The van der Waals surface area contributed by atoms with Gasteiger partial charge in [-0.3, -0.25) is 0 Å². The molecule has 6 aliphatic rings. The Kier molecular flexibility index (Phi) is 14.4. The summed E-state index contributed by atoms with van der Waals surface area (Å²) in [5, 5.41) is 2.20. The van der Waals surface area contributed by atoms with Gasteiger partial charge in [0.1, 0.15) is 0 Å². The molecule has 0 radical (unpaired) electrons. The van der Waals surface area contributed by atoms with Gasteiger partial charge in [0.15, 0.2) is 0 Å². The molecule has 4 heterocycles. The van der Waals surface area contributed by atoms with E-state index in [0.717, 1.165) is 129 Å². The molecule has 0 saturated carbocycles. The van der Waals surface area contributed by atoms with Crippen molar-refractivity contribution in [2.75, 3.05) is 19.6 Å². The maximum absolute atomic E-state index is 9.85. The monoisotopic (exact) mass is 1530 g/mol. The number of nitrogens with zero attached hydrogens (tertiary/aromatic N) is 4. The number of hydrogen-bond acceptors (Lipinski definition) is 4. The van der Waals surface area contributed by atoms with Crippen molar-refractivity contribution in [1.29, 1.82) is 0 Å². The molecule has 566 valence electrons. The van der Waals surface area contributed by atoms with E-state index in [9.17, 15) is 5.48 Å². The summed E-state index contributed by atoms with van der Waals surface area (Å²) in [7, 11) is 0. The highest BCUT2D eigenvalue weighted by molar-refractivity contribution is 7.03. The van der Waals surface area contributed by atoms with Gasteiger partial charge in [0, 0.05) is 73.4 Å². The second-order valence-corrected chi connectivity index (χ2v) is 36.3. The molecule has 0 saturated heterocycles. The van der Waals surface area contributed by atoms with Crippen LogP contribution in [-0.4, -0.2) is 13.4 Å². The van der Waals surface area contributed by atoms with Crippen LogP contribution < -0.4 is 52.4 Å². The first-order valence-corrected chi connectivity index (χ1v) is 42.0. The Morgan fingerprint density at radius 3 is 1.23 bits per heavy atom. The van der Waals surface area contributed by atoms with Crippen molar-refractivity contribution < 1.29 is 6.85 Å². The zero-order valence-corrected chi connectivity index (χ0v) is 68.3. The van der Waals surface area contributed by atoms with Gasteiger partial charge in [0.25, 0.3) is 13.4 Å². The lowest BCUT2D eigenvalue weighted by Gasteiger charge is -2.48. The van der Waals surface area contributed by atoms with Crippen molar-refractivity contribution in [1.82, 2.24) is 0 Å². The average molecular weight is 1530 g/mol. The fraction of sp³-hybridized carbons (Fsp3) is 0.115. The maximum Gasteiger partial charge on any atom is 0.252 e. The second kappa shape index (κ2) is 26.2. The Labute approximate surface area is 706 Å². The third kappa shape index (κ3) is 10.5. The van der Waals surface area contributed by atoms with Crippen molar-refractivity contribution in [3.8, 4) is 66.8 Å². The van der Waals surface area contributed by atoms with E-state index in [0.29, 0.717) is 5.56 Å². The largest absolute Gasteiger partial charge is 0.311 e. The van der Waals surface area contributed by atoms with Crippen LogP contribution in [0.4, 0.5) is 68.2 Å². The van der Waals surface area contributed by atoms with E-state index < -0.39 is 18.2 Å². The Morgan fingerprint density at radius 2 is 0.689 bits per heavy atom. The van der Waals surface area contributed by atoms with E-state index in [1.807, 2.05) is 6.07 Å². The van der Waals surface area contributed by atoms with Crippen LogP contribution in [0.25, 0.3) is 77.5 Å². The first-order valence-electron chi connectivity index (χ1n) is 44.5. The van der Waals surface area contributed by atoms with Crippen LogP contribution >= 0.6 is 0 Å². The minimum Gasteiger partial charge on any atom is -0.311 e. The lowest BCUT2D eigenvalue weighted by Crippen LogP contribution is -2.65. The number of rotatable bonds is 8. The summed E-state index contributed by atoms with van der Waals surface area (Å²) in [5.41, 5.74) is 38.4. The van der Waals surface area contributed by atoms with Gasteiger partial charge < -0.3 is 19.6 Å². The molecule has 23 rings (SSSR count). The van der Waals surface area contributed by atoms with Crippen LogP contribution in [0.5, 0.6) is 0 Å². The van der Waals surface area contributed by atoms with Crippen molar-refractivity contribution in [3.05, 3.63) is 409 Å². The molecule has 0 atom stereocenters. The standard InChI is InChI=1S/C113H88B2N4/c1-110(2,3)77-64-78(111(4,5)6)66-82(65-77)118-101-70-100-97(69-96(101)114-94-54-31-33-56-98(94)116(80-42-21-13-22-43-80)102-61-75(62-103(118)106(102)114)71-36-15-10-16-37-71)115-95-55-32-34-57-99(95)119(108-89(72-38-17-11-18-39-72)67-79(112(7,8)9)68-90(108)73-40-19-12-20-41-73)109-84-59-58-74(60-76(84)63-104(107(109)115)117(100)81-44-23-14-24-45-81)83-49-35-50-88-87-48-27-30-53-93(87)113(105(83)88)91-51-28-25-46-85(91)86-47-26-29-52-92(86)113/h10-70H,1-9H3/i10D,15D,16D,36D,37D. The van der Waals surface area contributed by atoms with Crippen LogP contribution in [0.1, 0.15) is 108 Å². The van der Waals surface area contributed by atoms with Crippen LogP contribution in [0.3, 0.4) is 0 Å². The second-order valence-electron chi connectivity index (χ2n) is 36.3. The molecular weight excluding hydrogens is 1430 g/mol. The highest BCUT2D eigenvalue weighted by Crippen LogP contribution is 2.65. The van der Waals surface area contributed by atoms with Crippen molar-refractivity contribution >= 4 is 125 Å². The number of benzene rings is 17. The molecule has 119 heavy (non-hydrogen) atoms. The molecule has 1 spiro atoms. The Balaban J connectivity index is 0.871. The van der Waals surface area contributed by atoms with Gasteiger partial charge in [-0.1, -0.05) is 341 Å². The molecule has 0 N–H and O–H groups in total. The summed E-state index contributed by atoms with van der Waals surface area (Å²) in [6.07, 6.45) is 0. The van der Waals surface area contributed by atoms with Gasteiger partial charge in [-0.05, 0) is 240 Å². The molecule has 0 aromatic heterocycles. The van der Waals surface area contributed by atoms with E-state index >= 15 is 0 Å². The van der Waals surface area contributed by atoms with Crippen LogP contribution in [0.2, 0.25) is 0 Å². The molecule has 4 aliphatic heterocycles. The highest BCUT2D eigenvalue weighted by atomic mass is 15.2. The molecular formula is C113H88B2N4. The predicted octanol–water partition coefficient (Wildman–Crippen LogP) is 25.9. The first kappa shape index (κ1) is 65.5. The summed E-state index contributed by atoms with van der Waals surface area (Å²) in [6, 6.07) is 126. The number of fused-ring (bicyclic) bond motifs is 20. The zero-order valence-electron chi connectivity index (χ0n) is 73.3. The van der Waals surface area contributed by atoms with Gasteiger partial charge in [-0.2, -0.15) is 0 Å². The van der Waals surface area contributed by atoms with Gasteiger partial charge in [0.2, 0.25) is 0 Å². The summed E-state index contributed by atoms with van der Waals surface area (Å²) in [5.74, 6) is 0. The SMILES string of the molecule is [2H]c1c([2H])c([2H])c(-c2cc3c4c(c2)N(c2cc(C(C)(C)C)cc(C(C)(C)C)c2)c2cc5c(cc2B4c2ccccc2N3c2ccccc2)B2c3ccccc3N(c3c(-c4ccccc4)cc(C(C)(C)C)cc3-c3ccccc3)c3c2c(cc2cc(-c4cccc6c4C4(c7ccccc7-c7ccccc74)c4ccccc4-6)ccc32)N5c2ccccc2)c([2H])c1[2H]. The minimum absolute atomic E-state index is 0.138. The summed E-state index contributed by atoms with van der Waals surface area (Å²) in [6.45, 7) is 20.0. The third-order valence-corrected chi connectivity index (χ3v) is 26.5.